The zero-order chi connectivity index (χ0) is 5.98. The third kappa shape index (κ3) is 0.793. The van der Waals surface area contributed by atoms with Gasteiger partial charge in [-0.2, -0.15) is 0 Å². The maximum atomic E-state index is 10.6. The Hall–Kier alpha value is -0.630. The molecule has 0 heterocycles. The first kappa shape index (κ1) is 5.51. The number of ketones is 1. The number of methoxy groups -OCH3 is 1. The number of carbonyl (C=O) groups is 1. The van der Waals surface area contributed by atoms with Gasteiger partial charge in [0, 0.05) is 7.11 Å². The van der Waals surface area contributed by atoms with Gasteiger partial charge in [-0.1, -0.05) is 6.08 Å². The molecule has 0 amide bonds. The lowest BCUT2D eigenvalue weighted by Crippen LogP contribution is -2.15. The van der Waals surface area contributed by atoms with Crippen LogP contribution >= 0.6 is 0 Å². The van der Waals surface area contributed by atoms with Crippen molar-refractivity contribution in [1.29, 1.82) is 0 Å². The summed E-state index contributed by atoms with van der Waals surface area (Å²) < 4.78 is 4.81. The van der Waals surface area contributed by atoms with E-state index in [2.05, 4.69) is 0 Å². The lowest BCUT2D eigenvalue weighted by atomic mass is 10.3. The lowest BCUT2D eigenvalue weighted by Gasteiger charge is -2.01. The fourth-order valence-electron chi connectivity index (χ4n) is 0.744. The Labute approximate surface area is 48.1 Å². The molecule has 0 fully saturated rings. The minimum Gasteiger partial charge on any atom is -0.373 e. The first-order valence-electron chi connectivity index (χ1n) is 2.58. The van der Waals surface area contributed by atoms with Crippen molar-refractivity contribution in [2.75, 3.05) is 7.11 Å². The summed E-state index contributed by atoms with van der Waals surface area (Å²) in [7, 11) is 1.55. The molecule has 0 radical (unpaired) electrons. The monoisotopic (exact) mass is 112 g/mol. The van der Waals surface area contributed by atoms with Crippen molar-refractivity contribution in [1.82, 2.24) is 0 Å². The van der Waals surface area contributed by atoms with Crippen LogP contribution < -0.4 is 0 Å². The first-order valence-corrected chi connectivity index (χ1v) is 2.58. The van der Waals surface area contributed by atoms with Gasteiger partial charge in [0.05, 0.1) is 0 Å². The van der Waals surface area contributed by atoms with Crippen molar-refractivity contribution in [3.8, 4) is 0 Å². The summed E-state index contributed by atoms with van der Waals surface area (Å²) in [6.45, 7) is 0. The predicted octanol–water partition coefficient (Wildman–Crippen LogP) is 0.530. The van der Waals surface area contributed by atoms with E-state index >= 15 is 0 Å². The van der Waals surface area contributed by atoms with Crippen LogP contribution in [0, 0.1) is 0 Å². The van der Waals surface area contributed by atoms with Gasteiger partial charge in [-0.05, 0) is 12.5 Å². The van der Waals surface area contributed by atoms with E-state index in [-0.39, 0.29) is 11.9 Å². The first-order chi connectivity index (χ1) is 3.84. The van der Waals surface area contributed by atoms with Crippen LogP contribution in [0.15, 0.2) is 12.2 Å². The second-order valence-corrected chi connectivity index (χ2v) is 1.76. The third-order valence-electron chi connectivity index (χ3n) is 1.23. The Bertz CT molecular complexity index is 126. The Kier molecular flexibility index (Phi) is 1.44. The van der Waals surface area contributed by atoms with Crippen molar-refractivity contribution < 1.29 is 9.53 Å². The standard InChI is InChI=1S/C6H8O2/c1-8-6-4-2-3-5(6)7/h2-3,6H,4H2,1H3. The van der Waals surface area contributed by atoms with E-state index in [1.807, 2.05) is 6.08 Å². The summed E-state index contributed by atoms with van der Waals surface area (Å²) in [6, 6.07) is 0. The second kappa shape index (κ2) is 2.09. The van der Waals surface area contributed by atoms with Crippen molar-refractivity contribution in [3.63, 3.8) is 0 Å². The SMILES string of the molecule is COC1CC=CC1=O. The molecule has 2 heteroatoms. The van der Waals surface area contributed by atoms with Crippen LogP contribution in [0.25, 0.3) is 0 Å². The molecule has 8 heavy (non-hydrogen) atoms. The van der Waals surface area contributed by atoms with E-state index in [1.54, 1.807) is 13.2 Å². The van der Waals surface area contributed by atoms with E-state index in [0.717, 1.165) is 6.42 Å². The molecule has 1 rings (SSSR count). The number of ether oxygens (including phenoxy) is 1. The average molecular weight is 112 g/mol. The summed E-state index contributed by atoms with van der Waals surface area (Å²) in [6.07, 6.45) is 3.95. The van der Waals surface area contributed by atoms with Crippen LogP contribution in [-0.4, -0.2) is 19.0 Å². The van der Waals surface area contributed by atoms with E-state index in [1.165, 1.54) is 0 Å². The highest BCUT2D eigenvalue weighted by molar-refractivity contribution is 5.95. The molecule has 0 aromatic heterocycles. The highest BCUT2D eigenvalue weighted by Crippen LogP contribution is 2.07. The number of rotatable bonds is 1. The van der Waals surface area contributed by atoms with E-state index < -0.39 is 0 Å². The Morgan fingerprint density at radius 3 is 2.88 bits per heavy atom. The number of hydrogen-bond acceptors (Lipinski definition) is 2. The third-order valence-corrected chi connectivity index (χ3v) is 1.23. The van der Waals surface area contributed by atoms with Crippen molar-refractivity contribution in [2.45, 2.75) is 12.5 Å². The summed E-state index contributed by atoms with van der Waals surface area (Å²) in [5.41, 5.74) is 0. The summed E-state index contributed by atoms with van der Waals surface area (Å²) in [5.74, 6) is 0.0903. The van der Waals surface area contributed by atoms with Gasteiger partial charge in [0.2, 0.25) is 0 Å². The van der Waals surface area contributed by atoms with Crippen LogP contribution in [0.3, 0.4) is 0 Å². The van der Waals surface area contributed by atoms with Crippen LogP contribution in [0.1, 0.15) is 6.42 Å². The van der Waals surface area contributed by atoms with Crippen molar-refractivity contribution in [3.05, 3.63) is 12.2 Å². The summed E-state index contributed by atoms with van der Waals surface area (Å²) in [4.78, 5) is 10.6. The normalized spacial score (nSPS) is 27.1. The second-order valence-electron chi connectivity index (χ2n) is 1.76. The van der Waals surface area contributed by atoms with Crippen LogP contribution in [0.4, 0.5) is 0 Å². The molecule has 0 aliphatic heterocycles. The topological polar surface area (TPSA) is 26.3 Å². The van der Waals surface area contributed by atoms with Gasteiger partial charge in [-0.15, -0.1) is 0 Å². The highest BCUT2D eigenvalue weighted by Gasteiger charge is 2.17. The van der Waals surface area contributed by atoms with Gasteiger partial charge in [-0.3, -0.25) is 4.79 Å². The molecule has 0 aromatic rings. The van der Waals surface area contributed by atoms with Gasteiger partial charge in [0.1, 0.15) is 6.10 Å². The summed E-state index contributed by atoms with van der Waals surface area (Å²) in [5, 5.41) is 0. The number of carbonyl (C=O) groups excluding carboxylic acids is 1. The van der Waals surface area contributed by atoms with Crippen molar-refractivity contribution in [2.24, 2.45) is 0 Å². The molecule has 1 atom stereocenters. The zero-order valence-corrected chi connectivity index (χ0v) is 4.76. The molecule has 2 nitrogen and oxygen atoms in total. The lowest BCUT2D eigenvalue weighted by molar-refractivity contribution is -0.122. The van der Waals surface area contributed by atoms with Gasteiger partial charge < -0.3 is 4.74 Å². The maximum Gasteiger partial charge on any atom is 0.184 e. The van der Waals surface area contributed by atoms with Gasteiger partial charge in [0.15, 0.2) is 5.78 Å². The van der Waals surface area contributed by atoms with Crippen LogP contribution in [0.2, 0.25) is 0 Å². The minimum absolute atomic E-state index is 0.0903. The highest BCUT2D eigenvalue weighted by atomic mass is 16.5. The predicted molar refractivity (Wildman–Crippen MR) is 29.6 cm³/mol. The zero-order valence-electron chi connectivity index (χ0n) is 4.76. The summed E-state index contributed by atoms with van der Waals surface area (Å²) >= 11 is 0. The molecule has 0 spiro atoms. The fourth-order valence-corrected chi connectivity index (χ4v) is 0.744. The number of hydrogen-bond donors (Lipinski definition) is 0. The van der Waals surface area contributed by atoms with Gasteiger partial charge in [-0.25, -0.2) is 0 Å². The van der Waals surface area contributed by atoms with Crippen molar-refractivity contribution >= 4 is 5.78 Å². The molecule has 0 N–H and O–H groups in total. The van der Waals surface area contributed by atoms with Crippen LogP contribution in [0.5, 0.6) is 0 Å². The molecule has 0 saturated heterocycles. The average Bonchev–Trinajstić information content (AvgIpc) is 2.14. The molecule has 0 bridgehead atoms. The minimum atomic E-state index is -0.185. The smallest absolute Gasteiger partial charge is 0.184 e. The van der Waals surface area contributed by atoms with E-state index in [4.69, 9.17) is 4.74 Å². The molecule has 0 aromatic carbocycles. The molecule has 44 valence electrons. The molecule has 1 aliphatic rings. The molecule has 0 saturated carbocycles. The fraction of sp³-hybridized carbons (Fsp3) is 0.500. The van der Waals surface area contributed by atoms with Crippen LogP contribution in [-0.2, 0) is 9.53 Å². The van der Waals surface area contributed by atoms with Gasteiger partial charge >= 0.3 is 0 Å². The maximum absolute atomic E-state index is 10.6. The largest absolute Gasteiger partial charge is 0.373 e. The molecule has 1 aliphatic carbocycles. The van der Waals surface area contributed by atoms with E-state index in [0.29, 0.717) is 0 Å². The molecular weight excluding hydrogens is 104 g/mol. The Morgan fingerprint density at radius 1 is 1.88 bits per heavy atom. The molecule has 1 unspecified atom stereocenters. The molecular formula is C6H8O2. The van der Waals surface area contributed by atoms with Gasteiger partial charge in [0.25, 0.3) is 0 Å². The Morgan fingerprint density at radius 2 is 2.62 bits per heavy atom. The quantitative estimate of drug-likeness (QED) is 0.494. The Balaban J connectivity index is 2.51. The van der Waals surface area contributed by atoms with E-state index in [9.17, 15) is 4.79 Å².